The number of nitrogens with zero attached hydrogens (tertiary/aromatic N) is 4. The van der Waals surface area contributed by atoms with Crippen LogP contribution in [0.25, 0.3) is 0 Å². The van der Waals surface area contributed by atoms with Gasteiger partial charge in [-0.15, -0.1) is 10.2 Å². The van der Waals surface area contributed by atoms with Crippen LogP contribution in [0.15, 0.2) is 59.8 Å². The molecule has 0 saturated carbocycles. The Labute approximate surface area is 159 Å². The zero-order valence-electron chi connectivity index (χ0n) is 14.5. The molecule has 0 aliphatic heterocycles. The highest BCUT2D eigenvalue weighted by atomic mass is 32.2. The van der Waals surface area contributed by atoms with Gasteiger partial charge in [-0.3, -0.25) is 14.9 Å². The molecule has 138 valence electrons. The second kappa shape index (κ2) is 8.45. The summed E-state index contributed by atoms with van der Waals surface area (Å²) in [5.74, 6) is 1.09. The van der Waals surface area contributed by atoms with Gasteiger partial charge in [0.05, 0.1) is 11.5 Å². The molecule has 0 bridgehead atoms. The van der Waals surface area contributed by atoms with Gasteiger partial charge < -0.3 is 9.88 Å². The number of benzene rings is 2. The first kappa shape index (κ1) is 18.6. The number of non-ortho nitro benzene ring substituents is 1. The van der Waals surface area contributed by atoms with Crippen molar-refractivity contribution < 1.29 is 9.72 Å². The van der Waals surface area contributed by atoms with E-state index >= 15 is 0 Å². The predicted octanol–water partition coefficient (Wildman–Crippen LogP) is 2.95. The van der Waals surface area contributed by atoms with Crippen molar-refractivity contribution >= 4 is 23.4 Å². The third-order valence-corrected chi connectivity index (χ3v) is 4.97. The minimum atomic E-state index is -0.421. The number of nitro groups is 1. The van der Waals surface area contributed by atoms with Gasteiger partial charge in [0.2, 0.25) is 0 Å². The predicted molar refractivity (Wildman–Crippen MR) is 101 cm³/mol. The highest BCUT2D eigenvalue weighted by molar-refractivity contribution is 7.98. The molecule has 1 amide bonds. The molecule has 0 unspecified atom stereocenters. The summed E-state index contributed by atoms with van der Waals surface area (Å²) in [6.45, 7) is 0.273. The Hall–Kier alpha value is -3.20. The largest absolute Gasteiger partial charge is 0.345 e. The lowest BCUT2D eigenvalue weighted by Gasteiger charge is -2.06. The van der Waals surface area contributed by atoms with Crippen LogP contribution in [0.2, 0.25) is 0 Å². The van der Waals surface area contributed by atoms with Crippen LogP contribution in [-0.2, 0) is 19.3 Å². The molecular formula is C18H17N5O3S. The lowest BCUT2D eigenvalue weighted by Crippen LogP contribution is -2.24. The highest BCUT2D eigenvalue weighted by Gasteiger charge is 2.12. The average molecular weight is 383 g/mol. The van der Waals surface area contributed by atoms with Crippen molar-refractivity contribution in [2.24, 2.45) is 7.05 Å². The first-order valence-corrected chi connectivity index (χ1v) is 9.11. The standard InChI is InChI=1S/C18H17N5O3S/c1-22-16(11-19-17(24)14-5-3-2-4-6-14)20-21-18(22)27-12-13-7-9-15(10-8-13)23(25)26/h2-10H,11-12H2,1H3,(H,19,24). The maximum atomic E-state index is 12.1. The van der Waals surface area contributed by atoms with Crippen molar-refractivity contribution in [3.63, 3.8) is 0 Å². The second-order valence-electron chi connectivity index (χ2n) is 5.72. The third-order valence-electron chi connectivity index (χ3n) is 3.88. The van der Waals surface area contributed by atoms with Crippen molar-refractivity contribution in [1.82, 2.24) is 20.1 Å². The monoisotopic (exact) mass is 383 g/mol. The van der Waals surface area contributed by atoms with Gasteiger partial charge in [-0.2, -0.15) is 0 Å². The molecule has 0 aliphatic carbocycles. The van der Waals surface area contributed by atoms with Crippen LogP contribution in [0, 0.1) is 10.1 Å². The number of hydrogen-bond donors (Lipinski definition) is 1. The summed E-state index contributed by atoms with van der Waals surface area (Å²) in [5.41, 5.74) is 1.61. The van der Waals surface area contributed by atoms with E-state index in [2.05, 4.69) is 15.5 Å². The van der Waals surface area contributed by atoms with E-state index in [1.807, 2.05) is 29.8 Å². The molecule has 0 fully saturated rings. The van der Waals surface area contributed by atoms with Crippen LogP contribution in [0.4, 0.5) is 5.69 Å². The molecule has 0 radical (unpaired) electrons. The molecule has 2 aromatic carbocycles. The van der Waals surface area contributed by atoms with E-state index in [0.29, 0.717) is 22.3 Å². The number of carbonyl (C=O) groups excluding carboxylic acids is 1. The summed E-state index contributed by atoms with van der Waals surface area (Å²) in [6.07, 6.45) is 0. The van der Waals surface area contributed by atoms with Crippen LogP contribution < -0.4 is 5.32 Å². The van der Waals surface area contributed by atoms with Crippen molar-refractivity contribution in [2.45, 2.75) is 17.5 Å². The van der Waals surface area contributed by atoms with Crippen LogP contribution >= 0.6 is 11.8 Å². The molecule has 27 heavy (non-hydrogen) atoms. The van der Waals surface area contributed by atoms with E-state index in [1.54, 1.807) is 24.3 Å². The Morgan fingerprint density at radius 1 is 1.15 bits per heavy atom. The summed E-state index contributed by atoms with van der Waals surface area (Å²) in [5, 5.41) is 22.5. The number of nitro benzene ring substituents is 1. The number of aromatic nitrogens is 3. The van der Waals surface area contributed by atoms with Crippen LogP contribution in [0.5, 0.6) is 0 Å². The van der Waals surface area contributed by atoms with Crippen LogP contribution in [0.3, 0.4) is 0 Å². The molecule has 0 saturated heterocycles. The van der Waals surface area contributed by atoms with Gasteiger partial charge in [0.1, 0.15) is 0 Å². The topological polar surface area (TPSA) is 103 Å². The molecule has 3 aromatic rings. The fourth-order valence-electron chi connectivity index (χ4n) is 2.34. The lowest BCUT2D eigenvalue weighted by molar-refractivity contribution is -0.384. The Kier molecular flexibility index (Phi) is 5.82. The maximum Gasteiger partial charge on any atom is 0.269 e. The summed E-state index contributed by atoms with van der Waals surface area (Å²) in [7, 11) is 1.84. The molecule has 1 aromatic heterocycles. The van der Waals surface area contributed by atoms with E-state index < -0.39 is 4.92 Å². The van der Waals surface area contributed by atoms with E-state index in [-0.39, 0.29) is 18.1 Å². The average Bonchev–Trinajstić information content (AvgIpc) is 3.05. The number of carbonyl (C=O) groups is 1. The molecule has 1 heterocycles. The van der Waals surface area contributed by atoms with Crippen molar-refractivity contribution in [3.8, 4) is 0 Å². The fourth-order valence-corrected chi connectivity index (χ4v) is 3.22. The lowest BCUT2D eigenvalue weighted by atomic mass is 10.2. The SMILES string of the molecule is Cn1c(CNC(=O)c2ccccc2)nnc1SCc1ccc([N+](=O)[O-])cc1. The van der Waals surface area contributed by atoms with Crippen LogP contribution in [0.1, 0.15) is 21.7 Å². The van der Waals surface area contributed by atoms with E-state index in [9.17, 15) is 14.9 Å². The molecule has 8 nitrogen and oxygen atoms in total. The first-order chi connectivity index (χ1) is 13.0. The van der Waals surface area contributed by atoms with Crippen molar-refractivity contribution in [1.29, 1.82) is 0 Å². The fraction of sp³-hybridized carbons (Fsp3) is 0.167. The number of rotatable bonds is 7. The van der Waals surface area contributed by atoms with Gasteiger partial charge in [0.15, 0.2) is 11.0 Å². The van der Waals surface area contributed by atoms with Gasteiger partial charge in [0, 0.05) is 30.5 Å². The molecule has 0 aliphatic rings. The Bertz CT molecular complexity index is 941. The van der Waals surface area contributed by atoms with Gasteiger partial charge in [-0.05, 0) is 17.7 Å². The molecule has 9 heteroatoms. The van der Waals surface area contributed by atoms with E-state index in [1.165, 1.54) is 23.9 Å². The molecule has 1 N–H and O–H groups in total. The van der Waals surface area contributed by atoms with Crippen LogP contribution in [-0.4, -0.2) is 25.6 Å². The first-order valence-electron chi connectivity index (χ1n) is 8.12. The summed E-state index contributed by atoms with van der Waals surface area (Å²) >= 11 is 1.47. The normalized spacial score (nSPS) is 10.6. The van der Waals surface area contributed by atoms with Gasteiger partial charge >= 0.3 is 0 Å². The minimum Gasteiger partial charge on any atom is -0.345 e. The second-order valence-corrected chi connectivity index (χ2v) is 6.66. The minimum absolute atomic E-state index is 0.0684. The Morgan fingerprint density at radius 3 is 2.52 bits per heavy atom. The van der Waals surface area contributed by atoms with Gasteiger partial charge in [0.25, 0.3) is 11.6 Å². The van der Waals surface area contributed by atoms with Crippen molar-refractivity contribution in [3.05, 3.63) is 81.7 Å². The number of thioether (sulfide) groups is 1. The smallest absolute Gasteiger partial charge is 0.269 e. The molecular weight excluding hydrogens is 366 g/mol. The Balaban J connectivity index is 1.56. The van der Waals surface area contributed by atoms with Crippen molar-refractivity contribution in [2.75, 3.05) is 0 Å². The zero-order chi connectivity index (χ0) is 19.2. The number of amides is 1. The van der Waals surface area contributed by atoms with Gasteiger partial charge in [-0.25, -0.2) is 0 Å². The third kappa shape index (κ3) is 4.70. The highest BCUT2D eigenvalue weighted by Crippen LogP contribution is 2.22. The van der Waals surface area contributed by atoms with E-state index in [4.69, 9.17) is 0 Å². The summed E-state index contributed by atoms with van der Waals surface area (Å²) in [6, 6.07) is 15.4. The molecule has 0 atom stereocenters. The zero-order valence-corrected chi connectivity index (χ0v) is 15.3. The molecule has 0 spiro atoms. The van der Waals surface area contributed by atoms with Gasteiger partial charge in [-0.1, -0.05) is 42.1 Å². The number of nitrogens with one attached hydrogen (secondary N) is 1. The Morgan fingerprint density at radius 2 is 1.85 bits per heavy atom. The van der Waals surface area contributed by atoms with E-state index in [0.717, 1.165) is 5.56 Å². The number of hydrogen-bond acceptors (Lipinski definition) is 6. The summed E-state index contributed by atoms with van der Waals surface area (Å²) in [4.78, 5) is 22.4. The maximum absolute atomic E-state index is 12.1. The quantitative estimate of drug-likeness (QED) is 0.382. The summed E-state index contributed by atoms with van der Waals surface area (Å²) < 4.78 is 1.82. The molecule has 3 rings (SSSR count).